The molecule has 0 spiro atoms. The molecule has 1 heterocycles. The zero-order chi connectivity index (χ0) is 5.98. The molecule has 0 bridgehead atoms. The van der Waals surface area contributed by atoms with E-state index in [1.807, 2.05) is 0 Å². The van der Waals surface area contributed by atoms with Crippen LogP contribution in [0.4, 0.5) is 0 Å². The van der Waals surface area contributed by atoms with Gasteiger partial charge < -0.3 is 0 Å². The lowest BCUT2D eigenvalue weighted by atomic mass is 10.5. The van der Waals surface area contributed by atoms with E-state index >= 15 is 0 Å². The summed E-state index contributed by atoms with van der Waals surface area (Å²) in [6.45, 7) is 0. The second-order valence-corrected chi connectivity index (χ2v) is 1.17. The van der Waals surface area contributed by atoms with Gasteiger partial charge in [0.1, 0.15) is 0 Å². The van der Waals surface area contributed by atoms with Gasteiger partial charge in [0.05, 0.1) is 0 Å². The van der Waals surface area contributed by atoms with Crippen LogP contribution < -0.4 is 0 Å². The van der Waals surface area contributed by atoms with Gasteiger partial charge in [-0.25, -0.2) is 9.98 Å². The molecule has 0 fully saturated rings. The van der Waals surface area contributed by atoms with Crippen molar-refractivity contribution in [2.24, 2.45) is 9.98 Å². The monoisotopic (exact) mass is 146 g/mol. The zero-order valence-corrected chi connectivity index (χ0v) is 5.09. The summed E-state index contributed by atoms with van der Waals surface area (Å²) in [5, 5.41) is 0. The molecule has 0 aromatic heterocycles. The molecule has 1 aliphatic rings. The van der Waals surface area contributed by atoms with Crippen LogP contribution in [-0.2, 0) is 9.59 Å². The van der Waals surface area contributed by atoms with Gasteiger partial charge in [-0.3, -0.25) is 9.59 Å². The van der Waals surface area contributed by atoms with E-state index < -0.39 is 11.8 Å². The number of hydrogen-bond acceptors (Lipinski definition) is 2. The molecule has 0 atom stereocenters. The minimum absolute atomic E-state index is 0. The Bertz CT molecular complexity index is 175. The van der Waals surface area contributed by atoms with Crippen LogP contribution in [0.3, 0.4) is 0 Å². The molecular weight excluding hydrogens is 144 g/mol. The molecule has 0 aromatic carbocycles. The normalized spacial score (nSPS) is 15.6. The lowest BCUT2D eigenvalue weighted by molar-refractivity contribution is -0.135. The van der Waals surface area contributed by atoms with Crippen LogP contribution in [0.2, 0.25) is 0 Å². The Labute approximate surface area is 57.1 Å². The van der Waals surface area contributed by atoms with Crippen molar-refractivity contribution in [3.05, 3.63) is 0 Å². The van der Waals surface area contributed by atoms with Crippen LogP contribution in [0.1, 0.15) is 0 Å². The van der Waals surface area contributed by atoms with E-state index in [0.717, 1.165) is 0 Å². The predicted octanol–water partition coefficient (Wildman–Crippen LogP) is -0.383. The van der Waals surface area contributed by atoms with Gasteiger partial charge in [0.15, 0.2) is 0 Å². The molecule has 9 heavy (non-hydrogen) atoms. The summed E-state index contributed by atoms with van der Waals surface area (Å²) in [5.41, 5.74) is 0. The zero-order valence-electron chi connectivity index (χ0n) is 4.27. The molecule has 5 heteroatoms. The second-order valence-electron chi connectivity index (χ2n) is 1.17. The Morgan fingerprint density at radius 1 is 1.00 bits per heavy atom. The fourth-order valence-electron chi connectivity index (χ4n) is 0.312. The molecule has 0 saturated heterocycles. The first-order valence-electron chi connectivity index (χ1n) is 1.96. The number of carbonyl (C=O) groups is 2. The summed E-state index contributed by atoms with van der Waals surface area (Å²) in [6, 6.07) is 0. The summed E-state index contributed by atoms with van der Waals surface area (Å²) in [5.74, 6) is -1.60. The third-order valence-corrected chi connectivity index (χ3v) is 0.633. The summed E-state index contributed by atoms with van der Waals surface area (Å²) < 4.78 is 0. The maximum absolute atomic E-state index is 10.1. The highest BCUT2D eigenvalue weighted by Crippen LogP contribution is 1.82. The van der Waals surface area contributed by atoms with Crippen LogP contribution in [0, 0.1) is 0 Å². The number of hydrogen-bond donors (Lipinski definition) is 0. The average molecular weight is 147 g/mol. The lowest BCUT2D eigenvalue weighted by Gasteiger charge is -1.87. The van der Waals surface area contributed by atoms with Gasteiger partial charge in [0, 0.05) is 12.4 Å². The van der Waals surface area contributed by atoms with Crippen molar-refractivity contribution in [3.63, 3.8) is 0 Å². The van der Waals surface area contributed by atoms with Crippen molar-refractivity contribution in [1.82, 2.24) is 0 Å². The minimum atomic E-state index is -0.799. The Morgan fingerprint density at radius 2 is 1.33 bits per heavy atom. The van der Waals surface area contributed by atoms with Crippen molar-refractivity contribution in [1.29, 1.82) is 0 Å². The summed E-state index contributed by atoms with van der Waals surface area (Å²) in [6.07, 6.45) is 2.37. The smallest absolute Gasteiger partial charge is 0.261 e. The third-order valence-electron chi connectivity index (χ3n) is 0.633. The fraction of sp³-hybridized carbons (Fsp3) is 0. The molecule has 4 nitrogen and oxygen atoms in total. The molecule has 0 aliphatic carbocycles. The molecule has 0 unspecified atom stereocenters. The van der Waals surface area contributed by atoms with Gasteiger partial charge >= 0.3 is 11.8 Å². The summed E-state index contributed by atoms with van der Waals surface area (Å²) in [4.78, 5) is 26.6. The summed E-state index contributed by atoms with van der Waals surface area (Å²) >= 11 is 0. The number of nitrogens with zero attached hydrogens (tertiary/aromatic N) is 2. The Balaban J connectivity index is 0.000000640. The van der Waals surface area contributed by atoms with Crippen LogP contribution in [0.15, 0.2) is 9.98 Å². The van der Waals surface area contributed by atoms with Crippen LogP contribution in [-0.4, -0.2) is 24.2 Å². The standard InChI is InChI=1S/C4H2N2O2.ClH/c7-3-4(8)6-2-1-5-3;/h1-2H;1H. The molecule has 0 radical (unpaired) electrons. The molecule has 1 aliphatic heterocycles. The average Bonchev–Trinajstić information content (AvgIpc) is 1.77. The Morgan fingerprint density at radius 3 is 1.56 bits per heavy atom. The van der Waals surface area contributed by atoms with Crippen LogP contribution in [0.25, 0.3) is 0 Å². The Hall–Kier alpha value is -1.03. The molecule has 48 valence electrons. The highest BCUT2D eigenvalue weighted by molar-refractivity contribution is 6.44. The third kappa shape index (κ3) is 1.73. The topological polar surface area (TPSA) is 58.9 Å². The fourth-order valence-corrected chi connectivity index (χ4v) is 0.312. The van der Waals surface area contributed by atoms with Gasteiger partial charge in [-0.05, 0) is 0 Å². The molecule has 2 amide bonds. The Kier molecular flexibility index (Phi) is 2.73. The number of aliphatic imine (C=N–C) groups is 2. The largest absolute Gasteiger partial charge is 0.337 e. The van der Waals surface area contributed by atoms with Crippen molar-refractivity contribution in [3.8, 4) is 0 Å². The maximum Gasteiger partial charge on any atom is 0.337 e. The van der Waals surface area contributed by atoms with Crippen molar-refractivity contribution in [2.45, 2.75) is 0 Å². The van der Waals surface area contributed by atoms with Gasteiger partial charge in [-0.15, -0.1) is 12.4 Å². The van der Waals surface area contributed by atoms with E-state index in [0.29, 0.717) is 0 Å². The number of rotatable bonds is 0. The molecule has 0 N–H and O–H groups in total. The predicted molar refractivity (Wildman–Crippen MR) is 34.2 cm³/mol. The SMILES string of the molecule is Cl.O=C1N=CC=NC1=O. The van der Waals surface area contributed by atoms with E-state index in [1.165, 1.54) is 12.4 Å². The quantitative estimate of drug-likeness (QED) is 0.438. The van der Waals surface area contributed by atoms with E-state index in [9.17, 15) is 9.59 Å². The van der Waals surface area contributed by atoms with Crippen LogP contribution >= 0.6 is 12.4 Å². The van der Waals surface area contributed by atoms with Gasteiger partial charge in [0.2, 0.25) is 0 Å². The maximum atomic E-state index is 10.1. The summed E-state index contributed by atoms with van der Waals surface area (Å²) in [7, 11) is 0. The van der Waals surface area contributed by atoms with Crippen molar-refractivity contribution in [2.75, 3.05) is 0 Å². The van der Waals surface area contributed by atoms with Gasteiger partial charge in [-0.1, -0.05) is 0 Å². The molecular formula is C4H3ClN2O2. The minimum Gasteiger partial charge on any atom is -0.261 e. The van der Waals surface area contributed by atoms with E-state index in [-0.39, 0.29) is 12.4 Å². The van der Waals surface area contributed by atoms with E-state index in [2.05, 4.69) is 9.98 Å². The number of halogens is 1. The van der Waals surface area contributed by atoms with Gasteiger partial charge in [-0.2, -0.15) is 0 Å². The first-order valence-corrected chi connectivity index (χ1v) is 1.96. The van der Waals surface area contributed by atoms with E-state index in [1.54, 1.807) is 0 Å². The highest BCUT2D eigenvalue weighted by atomic mass is 35.5. The van der Waals surface area contributed by atoms with E-state index in [4.69, 9.17) is 0 Å². The lowest BCUT2D eigenvalue weighted by Crippen LogP contribution is -2.12. The number of carbonyl (C=O) groups excluding carboxylic acids is 2. The second kappa shape index (κ2) is 3.09. The molecule has 0 saturated carbocycles. The van der Waals surface area contributed by atoms with Crippen molar-refractivity contribution < 1.29 is 9.59 Å². The highest BCUT2D eigenvalue weighted by Gasteiger charge is 2.10. The van der Waals surface area contributed by atoms with Crippen molar-refractivity contribution >= 4 is 36.7 Å². The van der Waals surface area contributed by atoms with Crippen LogP contribution in [0.5, 0.6) is 0 Å². The number of amides is 2. The first-order chi connectivity index (χ1) is 3.80. The first kappa shape index (κ1) is 7.97. The molecule has 0 aromatic rings. The van der Waals surface area contributed by atoms with Gasteiger partial charge in [0.25, 0.3) is 0 Å². The molecule has 1 rings (SSSR count).